The van der Waals surface area contributed by atoms with E-state index in [0.29, 0.717) is 0 Å². The van der Waals surface area contributed by atoms with Crippen molar-refractivity contribution in [2.45, 2.75) is 6.92 Å². The number of aryl methyl sites for hydroxylation is 1. The fourth-order valence-electron chi connectivity index (χ4n) is 1.53. The quantitative estimate of drug-likeness (QED) is 0.663. The Kier molecular flexibility index (Phi) is 3.19. The van der Waals surface area contributed by atoms with E-state index < -0.39 is 0 Å². The first-order chi connectivity index (χ1) is 7.16. The van der Waals surface area contributed by atoms with Gasteiger partial charge in [0, 0.05) is 0 Å². The maximum Gasteiger partial charge on any atom is -0.0181 e. The summed E-state index contributed by atoms with van der Waals surface area (Å²) in [6.07, 6.45) is 0. The summed E-state index contributed by atoms with van der Waals surface area (Å²) in [4.78, 5) is 0. The molecule has 2 heteroatoms. The summed E-state index contributed by atoms with van der Waals surface area (Å²) in [5.74, 6) is 0. The van der Waals surface area contributed by atoms with Gasteiger partial charge in [-0.25, -0.2) is 0 Å². The summed E-state index contributed by atoms with van der Waals surface area (Å²) < 4.78 is 0. The zero-order chi connectivity index (χ0) is 10.8. The first-order valence-corrected chi connectivity index (χ1v) is 6.04. The predicted molar refractivity (Wildman–Crippen MR) is 75.3 cm³/mol. The van der Waals surface area contributed by atoms with Crippen LogP contribution in [0.2, 0.25) is 0 Å². The molecule has 0 bridgehead atoms. The van der Waals surface area contributed by atoms with E-state index in [0.717, 1.165) is 0 Å². The molecule has 0 aromatic heterocycles. The highest BCUT2D eigenvalue weighted by molar-refractivity contribution is 7.27. The Morgan fingerprint density at radius 2 is 1.40 bits per heavy atom. The van der Waals surface area contributed by atoms with Crippen molar-refractivity contribution >= 4 is 29.1 Å². The number of benzene rings is 2. The Hall–Kier alpha value is -0.700. The van der Waals surface area contributed by atoms with Crippen LogP contribution in [-0.4, -0.2) is 0 Å². The lowest BCUT2D eigenvalue weighted by molar-refractivity contribution is 1.51. The van der Waals surface area contributed by atoms with Gasteiger partial charge in [-0.15, -0.1) is 18.5 Å². The van der Waals surface area contributed by atoms with E-state index in [2.05, 4.69) is 67.9 Å². The number of hydrogen-bond acceptors (Lipinski definition) is 0. The zero-order valence-electron chi connectivity index (χ0n) is 8.70. The van der Waals surface area contributed by atoms with Gasteiger partial charge in [0.15, 0.2) is 0 Å². The van der Waals surface area contributed by atoms with Crippen LogP contribution in [0.1, 0.15) is 5.56 Å². The first kappa shape index (κ1) is 10.8. The van der Waals surface area contributed by atoms with E-state index in [1.54, 1.807) is 0 Å². The topological polar surface area (TPSA) is 0 Å². The smallest absolute Gasteiger partial charge is 0.0181 e. The SMILES string of the molecule is Cc1cc(-c2ccc(P)cc2)ccc1P. The van der Waals surface area contributed by atoms with Crippen LogP contribution in [0, 0.1) is 6.92 Å². The van der Waals surface area contributed by atoms with Crippen LogP contribution in [0.15, 0.2) is 42.5 Å². The molecule has 2 atom stereocenters. The van der Waals surface area contributed by atoms with Crippen molar-refractivity contribution in [3.63, 3.8) is 0 Å². The van der Waals surface area contributed by atoms with Crippen molar-refractivity contribution in [2.24, 2.45) is 0 Å². The maximum atomic E-state index is 2.75. The third-order valence-corrected chi connectivity index (χ3v) is 3.55. The van der Waals surface area contributed by atoms with E-state index in [4.69, 9.17) is 0 Å². The molecule has 0 spiro atoms. The van der Waals surface area contributed by atoms with Crippen molar-refractivity contribution in [1.82, 2.24) is 0 Å². The second kappa shape index (κ2) is 4.44. The Labute approximate surface area is 95.5 Å². The molecule has 0 aliphatic rings. The average Bonchev–Trinajstić information content (AvgIpc) is 2.23. The van der Waals surface area contributed by atoms with Gasteiger partial charge in [0.2, 0.25) is 0 Å². The Morgan fingerprint density at radius 3 is 2.00 bits per heavy atom. The molecule has 2 unspecified atom stereocenters. The summed E-state index contributed by atoms with van der Waals surface area (Å²) in [6, 6.07) is 15.1. The molecule has 2 rings (SSSR count). The molecule has 0 aliphatic carbocycles. The van der Waals surface area contributed by atoms with Crippen LogP contribution in [0.3, 0.4) is 0 Å². The summed E-state index contributed by atoms with van der Waals surface area (Å²) in [5.41, 5.74) is 3.87. The summed E-state index contributed by atoms with van der Waals surface area (Å²) in [6.45, 7) is 2.13. The molecule has 0 saturated heterocycles. The molecule has 76 valence electrons. The molecule has 0 heterocycles. The lowest BCUT2D eigenvalue weighted by Crippen LogP contribution is -1.96. The second-order valence-electron chi connectivity index (χ2n) is 3.69. The van der Waals surface area contributed by atoms with Gasteiger partial charge >= 0.3 is 0 Å². The standard InChI is InChI=1S/C13H14P2/c1-9-8-11(4-7-13(9)15)10-2-5-12(14)6-3-10/h2-8H,14-15H2,1H3. The third-order valence-electron chi connectivity index (χ3n) is 2.51. The predicted octanol–water partition coefficient (Wildman–Crippen LogP) is 2.66. The van der Waals surface area contributed by atoms with Crippen LogP contribution < -0.4 is 10.6 Å². The molecule has 0 aliphatic heterocycles. The molecule has 2 aromatic carbocycles. The van der Waals surface area contributed by atoms with Crippen LogP contribution in [0.4, 0.5) is 0 Å². The number of hydrogen-bond donors (Lipinski definition) is 0. The lowest BCUT2D eigenvalue weighted by atomic mass is 10.0. The van der Waals surface area contributed by atoms with E-state index in [-0.39, 0.29) is 0 Å². The molecule has 2 aromatic rings. The minimum Gasteiger partial charge on any atom is -0.106 e. The monoisotopic (exact) mass is 232 g/mol. The molecule has 0 N–H and O–H groups in total. The largest absolute Gasteiger partial charge is 0.106 e. The van der Waals surface area contributed by atoms with Crippen LogP contribution >= 0.6 is 18.5 Å². The van der Waals surface area contributed by atoms with E-state index in [9.17, 15) is 0 Å². The fourth-order valence-corrected chi connectivity index (χ4v) is 1.90. The molecule has 0 amide bonds. The highest BCUT2D eigenvalue weighted by atomic mass is 31.0. The van der Waals surface area contributed by atoms with Gasteiger partial charge < -0.3 is 0 Å². The minimum absolute atomic E-state index is 1.22. The third kappa shape index (κ3) is 2.46. The van der Waals surface area contributed by atoms with Gasteiger partial charge in [-0.1, -0.05) is 42.5 Å². The van der Waals surface area contributed by atoms with E-state index in [1.807, 2.05) is 0 Å². The minimum atomic E-state index is 1.22. The fraction of sp³-hybridized carbons (Fsp3) is 0.0769. The Bertz CT molecular complexity index is 472. The molecule has 0 radical (unpaired) electrons. The second-order valence-corrected chi connectivity index (χ2v) is 4.98. The molecule has 0 fully saturated rings. The molecular weight excluding hydrogens is 218 g/mol. The number of rotatable bonds is 1. The van der Waals surface area contributed by atoms with Crippen molar-refractivity contribution in [2.75, 3.05) is 0 Å². The van der Waals surface area contributed by atoms with Crippen molar-refractivity contribution in [3.8, 4) is 11.1 Å². The van der Waals surface area contributed by atoms with Gasteiger partial charge in [0.1, 0.15) is 0 Å². The van der Waals surface area contributed by atoms with Gasteiger partial charge in [0.25, 0.3) is 0 Å². The van der Waals surface area contributed by atoms with Gasteiger partial charge in [-0.2, -0.15) is 0 Å². The van der Waals surface area contributed by atoms with Crippen molar-refractivity contribution in [1.29, 1.82) is 0 Å². The average molecular weight is 232 g/mol. The highest BCUT2D eigenvalue weighted by Crippen LogP contribution is 2.19. The Balaban J connectivity index is 2.45. The van der Waals surface area contributed by atoms with Crippen molar-refractivity contribution in [3.05, 3.63) is 48.0 Å². The lowest BCUT2D eigenvalue weighted by Gasteiger charge is -2.05. The Morgan fingerprint density at radius 1 is 0.800 bits per heavy atom. The van der Waals surface area contributed by atoms with Gasteiger partial charge in [-0.3, -0.25) is 0 Å². The maximum absolute atomic E-state index is 2.75. The molecule has 0 saturated carbocycles. The van der Waals surface area contributed by atoms with Crippen LogP contribution in [0.5, 0.6) is 0 Å². The van der Waals surface area contributed by atoms with E-state index >= 15 is 0 Å². The van der Waals surface area contributed by atoms with Crippen LogP contribution in [-0.2, 0) is 0 Å². The van der Waals surface area contributed by atoms with E-state index in [1.165, 1.54) is 27.3 Å². The van der Waals surface area contributed by atoms with Gasteiger partial charge in [-0.05, 0) is 34.2 Å². The normalized spacial score (nSPS) is 10.3. The zero-order valence-corrected chi connectivity index (χ0v) is 11.0. The highest BCUT2D eigenvalue weighted by Gasteiger charge is 1.99. The first-order valence-electron chi connectivity index (χ1n) is 4.89. The van der Waals surface area contributed by atoms with Crippen molar-refractivity contribution < 1.29 is 0 Å². The molecular formula is C13H14P2. The van der Waals surface area contributed by atoms with Crippen LogP contribution in [0.25, 0.3) is 11.1 Å². The molecule has 15 heavy (non-hydrogen) atoms. The molecule has 0 nitrogen and oxygen atoms in total. The summed E-state index contributed by atoms with van der Waals surface area (Å²) in [5, 5.41) is 2.49. The summed E-state index contributed by atoms with van der Waals surface area (Å²) in [7, 11) is 5.45. The summed E-state index contributed by atoms with van der Waals surface area (Å²) >= 11 is 0. The van der Waals surface area contributed by atoms with Gasteiger partial charge in [0.05, 0.1) is 0 Å².